The largest absolute Gasteiger partial charge is 0.489 e. The van der Waals surface area contributed by atoms with Crippen molar-refractivity contribution in [2.45, 2.75) is 20.5 Å². The molecule has 3 rings (SSSR count). The first-order valence-electron chi connectivity index (χ1n) is 9.28. The zero-order valence-electron chi connectivity index (χ0n) is 16.9. The van der Waals surface area contributed by atoms with Gasteiger partial charge in [0.1, 0.15) is 18.2 Å². The number of ether oxygens (including phenoxy) is 2. The van der Waals surface area contributed by atoms with Crippen LogP contribution in [0.1, 0.15) is 27.3 Å². The fourth-order valence-corrected chi connectivity index (χ4v) is 2.80. The second-order valence-corrected chi connectivity index (χ2v) is 6.74. The lowest BCUT2D eigenvalue weighted by molar-refractivity contribution is -0.119. The van der Waals surface area contributed by atoms with Crippen molar-refractivity contribution in [3.8, 4) is 5.75 Å². The maximum atomic E-state index is 13.0. The number of carbonyl (C=O) groups excluding carboxylic acids is 2. The van der Waals surface area contributed by atoms with E-state index in [0.29, 0.717) is 17.1 Å². The third kappa shape index (κ3) is 5.22. The normalized spacial score (nSPS) is 10.5. The number of hydrogen-bond acceptors (Lipinski definition) is 5. The van der Waals surface area contributed by atoms with Gasteiger partial charge in [-0.1, -0.05) is 18.2 Å². The molecule has 1 amide bonds. The number of nitrogens with zero attached hydrogens (tertiary/aromatic N) is 2. The predicted octanol–water partition coefficient (Wildman–Crippen LogP) is 3.55. The Kier molecular flexibility index (Phi) is 6.46. The van der Waals surface area contributed by atoms with E-state index >= 15 is 0 Å². The molecule has 30 heavy (non-hydrogen) atoms. The molecule has 2 aromatic carbocycles. The summed E-state index contributed by atoms with van der Waals surface area (Å²) < 4.78 is 25.4. The Hall–Kier alpha value is -3.68. The summed E-state index contributed by atoms with van der Waals surface area (Å²) in [5.74, 6) is -0.954. The molecule has 0 saturated heterocycles. The lowest BCUT2D eigenvalue weighted by Crippen LogP contribution is -2.21. The van der Waals surface area contributed by atoms with E-state index in [2.05, 4.69) is 10.4 Å². The van der Waals surface area contributed by atoms with E-state index in [9.17, 15) is 14.0 Å². The molecule has 0 bridgehead atoms. The zero-order valence-corrected chi connectivity index (χ0v) is 16.9. The Balaban J connectivity index is 1.54. The number of aromatic nitrogens is 2. The second kappa shape index (κ2) is 9.21. The number of halogens is 1. The van der Waals surface area contributed by atoms with E-state index in [-0.39, 0.29) is 18.0 Å². The molecule has 0 spiro atoms. The minimum Gasteiger partial charge on any atom is -0.489 e. The molecular weight excluding hydrogens is 389 g/mol. The van der Waals surface area contributed by atoms with Crippen LogP contribution in [0.3, 0.4) is 0 Å². The van der Waals surface area contributed by atoms with Crippen molar-refractivity contribution in [2.24, 2.45) is 7.05 Å². The number of esters is 1. The Bertz CT molecular complexity index is 1060. The maximum Gasteiger partial charge on any atom is 0.338 e. The van der Waals surface area contributed by atoms with Gasteiger partial charge in [-0.15, -0.1) is 0 Å². The van der Waals surface area contributed by atoms with Crippen molar-refractivity contribution in [3.63, 3.8) is 0 Å². The SMILES string of the molecule is Cc1nn(C)c(C)c1NC(=O)COC(=O)c1cccc(OCc2ccc(F)cc2)c1. The van der Waals surface area contributed by atoms with Crippen molar-refractivity contribution in [3.05, 3.63) is 76.9 Å². The molecule has 0 aliphatic carbocycles. The Labute approximate surface area is 173 Å². The molecule has 7 nitrogen and oxygen atoms in total. The molecule has 0 aliphatic rings. The fourth-order valence-electron chi connectivity index (χ4n) is 2.80. The quantitative estimate of drug-likeness (QED) is 0.601. The molecular formula is C22H22FN3O4. The minimum atomic E-state index is -0.642. The van der Waals surface area contributed by atoms with Crippen LogP contribution in [-0.4, -0.2) is 28.3 Å². The third-order valence-electron chi connectivity index (χ3n) is 4.50. The fraction of sp³-hybridized carbons (Fsp3) is 0.227. The van der Waals surface area contributed by atoms with Gasteiger partial charge < -0.3 is 14.8 Å². The van der Waals surface area contributed by atoms with Crippen LogP contribution in [0.2, 0.25) is 0 Å². The van der Waals surface area contributed by atoms with Crippen LogP contribution < -0.4 is 10.1 Å². The standard InChI is InChI=1S/C22H22FN3O4/c1-14-21(15(2)26(3)25-14)24-20(27)13-30-22(28)17-5-4-6-19(11-17)29-12-16-7-9-18(23)10-8-16/h4-11H,12-13H2,1-3H3,(H,24,27). The lowest BCUT2D eigenvalue weighted by atomic mass is 10.2. The predicted molar refractivity (Wildman–Crippen MR) is 109 cm³/mol. The van der Waals surface area contributed by atoms with Crippen LogP contribution in [-0.2, 0) is 23.2 Å². The van der Waals surface area contributed by atoms with Gasteiger partial charge in [-0.05, 0) is 49.7 Å². The van der Waals surface area contributed by atoms with Gasteiger partial charge in [0.2, 0.25) is 0 Å². The topological polar surface area (TPSA) is 82.5 Å². The summed E-state index contributed by atoms with van der Waals surface area (Å²) >= 11 is 0. The van der Waals surface area contributed by atoms with Gasteiger partial charge in [0, 0.05) is 7.05 Å². The van der Waals surface area contributed by atoms with Crippen LogP contribution in [0, 0.1) is 19.7 Å². The highest BCUT2D eigenvalue weighted by atomic mass is 19.1. The van der Waals surface area contributed by atoms with Crippen LogP contribution in [0.15, 0.2) is 48.5 Å². The van der Waals surface area contributed by atoms with E-state index in [1.165, 1.54) is 18.2 Å². The maximum absolute atomic E-state index is 13.0. The summed E-state index contributed by atoms with van der Waals surface area (Å²) in [6, 6.07) is 12.4. The number of aryl methyl sites for hydroxylation is 2. The van der Waals surface area contributed by atoms with Crippen molar-refractivity contribution in [1.82, 2.24) is 9.78 Å². The van der Waals surface area contributed by atoms with Gasteiger partial charge in [0.15, 0.2) is 6.61 Å². The van der Waals surface area contributed by atoms with Gasteiger partial charge in [0.05, 0.1) is 22.6 Å². The summed E-state index contributed by atoms with van der Waals surface area (Å²) in [6.45, 7) is 3.42. The van der Waals surface area contributed by atoms with E-state index in [1.54, 1.807) is 49.0 Å². The second-order valence-electron chi connectivity index (χ2n) is 6.74. The molecule has 0 aliphatic heterocycles. The molecule has 8 heteroatoms. The molecule has 3 aromatic rings. The van der Waals surface area contributed by atoms with Crippen LogP contribution in [0.4, 0.5) is 10.1 Å². The number of amides is 1. The van der Waals surface area contributed by atoms with Crippen molar-refractivity contribution < 1.29 is 23.5 Å². The summed E-state index contributed by atoms with van der Waals surface area (Å²) in [4.78, 5) is 24.4. The van der Waals surface area contributed by atoms with E-state index in [4.69, 9.17) is 9.47 Å². The lowest BCUT2D eigenvalue weighted by Gasteiger charge is -2.09. The number of rotatable bonds is 7. The van der Waals surface area contributed by atoms with Crippen LogP contribution in [0.5, 0.6) is 5.75 Å². The molecule has 1 heterocycles. The first-order valence-corrected chi connectivity index (χ1v) is 9.28. The van der Waals surface area contributed by atoms with E-state index in [0.717, 1.165) is 11.3 Å². The van der Waals surface area contributed by atoms with Crippen molar-refractivity contribution >= 4 is 17.6 Å². The average Bonchev–Trinajstić information content (AvgIpc) is 2.97. The summed E-state index contributed by atoms with van der Waals surface area (Å²) in [7, 11) is 1.78. The third-order valence-corrected chi connectivity index (χ3v) is 4.50. The molecule has 0 saturated carbocycles. The molecule has 1 N–H and O–H groups in total. The Morgan fingerprint density at radius 2 is 1.87 bits per heavy atom. The number of anilines is 1. The first-order chi connectivity index (χ1) is 14.3. The zero-order chi connectivity index (χ0) is 21.7. The van der Waals surface area contributed by atoms with Gasteiger partial charge in [-0.25, -0.2) is 9.18 Å². The summed E-state index contributed by atoms with van der Waals surface area (Å²) in [5.41, 5.74) is 3.14. The minimum absolute atomic E-state index is 0.227. The van der Waals surface area contributed by atoms with Crippen molar-refractivity contribution in [1.29, 1.82) is 0 Å². The van der Waals surface area contributed by atoms with Crippen molar-refractivity contribution in [2.75, 3.05) is 11.9 Å². The van der Waals surface area contributed by atoms with Gasteiger partial charge in [0.25, 0.3) is 5.91 Å². The Morgan fingerprint density at radius 3 is 2.53 bits per heavy atom. The summed E-state index contributed by atoms with van der Waals surface area (Å²) in [5, 5.41) is 6.93. The molecule has 0 atom stereocenters. The summed E-state index contributed by atoms with van der Waals surface area (Å²) in [6.07, 6.45) is 0. The average molecular weight is 411 g/mol. The number of nitrogens with one attached hydrogen (secondary N) is 1. The molecule has 0 radical (unpaired) electrons. The van der Waals surface area contributed by atoms with Gasteiger partial charge in [-0.3, -0.25) is 9.48 Å². The molecule has 0 fully saturated rings. The number of benzene rings is 2. The van der Waals surface area contributed by atoms with E-state index in [1.807, 2.05) is 6.92 Å². The Morgan fingerprint density at radius 1 is 1.13 bits per heavy atom. The van der Waals surface area contributed by atoms with Crippen LogP contribution >= 0.6 is 0 Å². The molecule has 156 valence electrons. The highest BCUT2D eigenvalue weighted by Crippen LogP contribution is 2.19. The first kappa shape index (κ1) is 21.0. The van der Waals surface area contributed by atoms with Crippen LogP contribution in [0.25, 0.3) is 0 Å². The smallest absolute Gasteiger partial charge is 0.338 e. The number of carbonyl (C=O) groups is 2. The highest BCUT2D eigenvalue weighted by molar-refractivity contribution is 5.96. The number of hydrogen-bond donors (Lipinski definition) is 1. The van der Waals surface area contributed by atoms with E-state index < -0.39 is 18.5 Å². The monoisotopic (exact) mass is 411 g/mol. The van der Waals surface area contributed by atoms with Gasteiger partial charge >= 0.3 is 5.97 Å². The highest BCUT2D eigenvalue weighted by Gasteiger charge is 2.15. The molecule has 1 aromatic heterocycles. The molecule has 0 unspecified atom stereocenters. The van der Waals surface area contributed by atoms with Gasteiger partial charge in [-0.2, -0.15) is 5.10 Å².